The van der Waals surface area contributed by atoms with Crippen molar-refractivity contribution in [3.05, 3.63) is 78.4 Å². The molecule has 2 aromatic carbocycles. The van der Waals surface area contributed by atoms with E-state index in [1.807, 2.05) is 49.4 Å². The summed E-state index contributed by atoms with van der Waals surface area (Å²) in [5.41, 5.74) is 9.45. The second-order valence-electron chi connectivity index (χ2n) is 6.93. The minimum absolute atomic E-state index is 0. The largest absolute Gasteiger partial charge is 0.487 e. The van der Waals surface area contributed by atoms with Crippen LogP contribution in [-0.2, 0) is 20.1 Å². The SMILES string of the molecule is C.C=CC(C)C1=NC(c2ccccc2)(c2ccccc2S(C)(=O)=O)CO1.NC(O)=S.NC(O)=S.O. The number of aliphatic hydroxyl groups excluding tert-OH is 2. The van der Waals surface area contributed by atoms with Crippen molar-refractivity contribution in [2.45, 2.75) is 24.8 Å². The first-order chi connectivity index (χ1) is 15.3. The first-order valence-electron chi connectivity index (χ1n) is 9.52. The second-order valence-corrected chi connectivity index (χ2v) is 9.75. The fraction of sp³-hybridized carbons (Fsp3) is 0.261. The average Bonchev–Trinajstić information content (AvgIpc) is 3.19. The summed E-state index contributed by atoms with van der Waals surface area (Å²) in [6, 6.07) is 16.7. The first-order valence-corrected chi connectivity index (χ1v) is 12.2. The highest BCUT2D eigenvalue weighted by Gasteiger charge is 2.43. The molecule has 35 heavy (non-hydrogen) atoms. The molecule has 12 heteroatoms. The van der Waals surface area contributed by atoms with Crippen LogP contribution < -0.4 is 11.5 Å². The molecular weight excluding hydrogens is 510 g/mol. The van der Waals surface area contributed by atoms with Crippen LogP contribution in [0.3, 0.4) is 0 Å². The molecule has 0 fully saturated rings. The van der Waals surface area contributed by atoms with Crippen LogP contribution >= 0.6 is 24.4 Å². The van der Waals surface area contributed by atoms with Crippen molar-refractivity contribution in [1.82, 2.24) is 0 Å². The fourth-order valence-electron chi connectivity index (χ4n) is 3.05. The number of aliphatic hydroxyl groups is 2. The molecule has 1 aliphatic heterocycles. The number of sulfone groups is 1. The Labute approximate surface area is 217 Å². The van der Waals surface area contributed by atoms with Gasteiger partial charge in [0.2, 0.25) is 0 Å². The standard InChI is InChI=1S/C20H21NO3S.2CH3NOS.CH4.H2O/c1-4-15(2)19-21-20(14-24-19,16-10-6-5-7-11-16)17-12-8-9-13-18(17)25(3,22)23;2*2-1(3)4;;/h4-13,15H,1,14H2,2-3H3;2*(H3,2,3,4);1H4;1H2. The van der Waals surface area contributed by atoms with Crippen molar-refractivity contribution < 1.29 is 28.8 Å². The van der Waals surface area contributed by atoms with Crippen LogP contribution in [0, 0.1) is 5.92 Å². The molecule has 2 atom stereocenters. The van der Waals surface area contributed by atoms with E-state index in [9.17, 15) is 8.42 Å². The molecule has 0 saturated carbocycles. The van der Waals surface area contributed by atoms with Crippen LogP contribution in [0.4, 0.5) is 0 Å². The number of rotatable bonds is 5. The van der Waals surface area contributed by atoms with Crippen LogP contribution in [0.5, 0.6) is 0 Å². The van der Waals surface area contributed by atoms with Gasteiger partial charge < -0.3 is 31.9 Å². The summed E-state index contributed by atoms with van der Waals surface area (Å²) in [6.07, 6.45) is 2.99. The van der Waals surface area contributed by atoms with E-state index in [4.69, 9.17) is 19.9 Å². The third-order valence-electron chi connectivity index (χ3n) is 4.46. The highest BCUT2D eigenvalue weighted by molar-refractivity contribution is 7.90. The van der Waals surface area contributed by atoms with E-state index in [0.717, 1.165) is 5.56 Å². The highest BCUT2D eigenvalue weighted by atomic mass is 32.2. The Morgan fingerprint density at radius 1 is 1.11 bits per heavy atom. The third-order valence-corrected chi connectivity index (χ3v) is 5.61. The molecule has 194 valence electrons. The van der Waals surface area contributed by atoms with E-state index in [-0.39, 0.29) is 30.3 Å². The van der Waals surface area contributed by atoms with Crippen molar-refractivity contribution in [3.8, 4) is 0 Å². The van der Waals surface area contributed by atoms with Crippen LogP contribution in [0.25, 0.3) is 0 Å². The monoisotopic (exact) mass is 543 g/mol. The maximum atomic E-state index is 12.4. The number of nitrogens with zero attached hydrogens (tertiary/aromatic N) is 1. The summed E-state index contributed by atoms with van der Waals surface area (Å²) >= 11 is 7.74. The molecule has 0 radical (unpaired) electrons. The summed E-state index contributed by atoms with van der Waals surface area (Å²) in [5.74, 6) is 0.526. The number of hydrogen-bond acceptors (Lipinski definition) is 6. The van der Waals surface area contributed by atoms with Crippen molar-refractivity contribution >= 4 is 50.5 Å². The van der Waals surface area contributed by atoms with Crippen LogP contribution in [0.2, 0.25) is 0 Å². The van der Waals surface area contributed by atoms with Gasteiger partial charge in [-0.25, -0.2) is 13.4 Å². The van der Waals surface area contributed by atoms with E-state index < -0.39 is 25.7 Å². The average molecular weight is 544 g/mol. The summed E-state index contributed by atoms with van der Waals surface area (Å²) in [7, 11) is -3.41. The Kier molecular flexibility index (Phi) is 14.7. The first kappa shape index (κ1) is 34.1. The molecule has 8 N–H and O–H groups in total. The number of nitrogens with two attached hydrogens (primary N) is 2. The second kappa shape index (κ2) is 15.0. The Hall–Kier alpha value is -3.06. The number of ether oxygens (including phenoxy) is 1. The van der Waals surface area contributed by atoms with Crippen LogP contribution in [-0.4, -0.2) is 53.2 Å². The van der Waals surface area contributed by atoms with Gasteiger partial charge in [0.25, 0.3) is 10.3 Å². The molecule has 0 spiro atoms. The lowest BCUT2D eigenvalue weighted by Crippen LogP contribution is -2.29. The normalized spacial score (nSPS) is 16.6. The number of thiocarbonyl (C=S) groups is 2. The van der Waals surface area contributed by atoms with Crippen molar-refractivity contribution in [2.24, 2.45) is 22.4 Å². The summed E-state index contributed by atoms with van der Waals surface area (Å²) in [4.78, 5) is 5.14. The molecular formula is C23H33N3O6S3. The van der Waals surface area contributed by atoms with Gasteiger partial charge in [-0.3, -0.25) is 0 Å². The molecule has 0 saturated heterocycles. The predicted molar refractivity (Wildman–Crippen MR) is 149 cm³/mol. The maximum Gasteiger partial charge on any atom is 0.251 e. The van der Waals surface area contributed by atoms with E-state index in [1.165, 1.54) is 6.26 Å². The summed E-state index contributed by atoms with van der Waals surface area (Å²) in [6.45, 7) is 6.01. The smallest absolute Gasteiger partial charge is 0.251 e. The van der Waals surface area contributed by atoms with Crippen molar-refractivity contribution in [2.75, 3.05) is 12.9 Å². The van der Waals surface area contributed by atoms with Crippen LogP contribution in [0.1, 0.15) is 25.5 Å². The van der Waals surface area contributed by atoms with Crippen LogP contribution in [0.15, 0.2) is 77.1 Å². The number of aliphatic imine (C=N–C) groups is 1. The predicted octanol–water partition coefficient (Wildman–Crippen LogP) is 2.97. The minimum atomic E-state index is -3.41. The van der Waals surface area contributed by atoms with Gasteiger partial charge in [0.15, 0.2) is 15.7 Å². The number of hydrogen-bond donors (Lipinski definition) is 4. The molecule has 3 rings (SSSR count). The summed E-state index contributed by atoms with van der Waals surface area (Å²) < 4.78 is 30.6. The molecule has 1 heterocycles. The zero-order valence-electron chi connectivity index (χ0n) is 18.7. The summed E-state index contributed by atoms with van der Waals surface area (Å²) in [5, 5.41) is 14.1. The highest BCUT2D eigenvalue weighted by Crippen LogP contribution is 2.41. The Morgan fingerprint density at radius 2 is 1.57 bits per heavy atom. The Bertz CT molecular complexity index is 1100. The van der Waals surface area contributed by atoms with E-state index >= 15 is 0 Å². The van der Waals surface area contributed by atoms with Gasteiger partial charge in [0.05, 0.1) is 4.90 Å². The number of benzene rings is 2. The molecule has 2 unspecified atom stereocenters. The topological polar surface area (TPSA) is 180 Å². The molecule has 0 aliphatic carbocycles. The lowest BCUT2D eigenvalue weighted by atomic mass is 9.84. The van der Waals surface area contributed by atoms with Gasteiger partial charge in [-0.2, -0.15) is 0 Å². The van der Waals surface area contributed by atoms with Gasteiger partial charge in [-0.1, -0.05) is 69.0 Å². The molecule has 9 nitrogen and oxygen atoms in total. The Morgan fingerprint density at radius 3 is 2.03 bits per heavy atom. The van der Waals surface area contributed by atoms with Gasteiger partial charge in [-0.05, 0) is 36.1 Å². The van der Waals surface area contributed by atoms with Crippen molar-refractivity contribution in [3.63, 3.8) is 0 Å². The quantitative estimate of drug-likeness (QED) is 0.326. The zero-order chi connectivity index (χ0) is 25.2. The third kappa shape index (κ3) is 9.99. The molecule has 2 aromatic rings. The van der Waals surface area contributed by atoms with E-state index in [1.54, 1.807) is 18.2 Å². The van der Waals surface area contributed by atoms with E-state index in [0.29, 0.717) is 11.5 Å². The van der Waals surface area contributed by atoms with Gasteiger partial charge >= 0.3 is 0 Å². The molecule has 0 amide bonds. The minimum Gasteiger partial charge on any atom is -0.487 e. The van der Waals surface area contributed by atoms with Gasteiger partial charge in [-0.15, -0.1) is 6.58 Å². The molecule has 0 bridgehead atoms. The Balaban J connectivity index is 0. The van der Waals surface area contributed by atoms with Crippen molar-refractivity contribution in [1.29, 1.82) is 0 Å². The zero-order valence-corrected chi connectivity index (χ0v) is 21.2. The van der Waals surface area contributed by atoms with Gasteiger partial charge in [0, 0.05) is 17.7 Å². The molecule has 0 aromatic heterocycles. The van der Waals surface area contributed by atoms with Gasteiger partial charge in [0.1, 0.15) is 12.1 Å². The lowest BCUT2D eigenvalue weighted by Gasteiger charge is -2.27. The lowest BCUT2D eigenvalue weighted by molar-refractivity contribution is 0.271. The molecule has 1 aliphatic rings. The fourth-order valence-corrected chi connectivity index (χ4v) is 4.01. The maximum absolute atomic E-state index is 12.4. The van der Waals surface area contributed by atoms with E-state index in [2.05, 4.69) is 42.5 Å².